The molecule has 0 aromatic heterocycles. The van der Waals surface area contributed by atoms with E-state index >= 15 is 0 Å². The summed E-state index contributed by atoms with van der Waals surface area (Å²) in [4.78, 5) is 21.7. The van der Waals surface area contributed by atoms with Crippen LogP contribution < -0.4 is 0 Å². The topological polar surface area (TPSA) is 34.1 Å². The van der Waals surface area contributed by atoms with Gasteiger partial charge in [-0.1, -0.05) is 28.7 Å². The van der Waals surface area contributed by atoms with Gasteiger partial charge in [0.05, 0.1) is 0 Å². The van der Waals surface area contributed by atoms with E-state index in [4.69, 9.17) is 0 Å². The zero-order valence-corrected chi connectivity index (χ0v) is 7.52. The van der Waals surface area contributed by atoms with E-state index in [0.29, 0.717) is 12.8 Å². The van der Waals surface area contributed by atoms with Crippen molar-refractivity contribution in [3.05, 3.63) is 0 Å². The number of carbonyl (C=O) groups is 2. The van der Waals surface area contributed by atoms with Gasteiger partial charge in [0.1, 0.15) is 11.6 Å². The molecule has 2 nitrogen and oxygen atoms in total. The molecule has 0 amide bonds. The SMILES string of the molecule is C.C.CCCC(=O)CC(C)C(C)=O. The van der Waals surface area contributed by atoms with Crippen LogP contribution in [0, 0.1) is 5.92 Å². The van der Waals surface area contributed by atoms with E-state index < -0.39 is 0 Å². The zero-order chi connectivity index (χ0) is 8.85. The Hall–Kier alpha value is -0.660. The summed E-state index contributed by atoms with van der Waals surface area (Å²) in [6, 6.07) is 0. The normalized spacial score (nSPS) is 10.7. The predicted octanol–water partition coefficient (Wildman–Crippen LogP) is 3.24. The first-order valence-electron chi connectivity index (χ1n) is 4.10. The predicted molar refractivity (Wildman–Crippen MR) is 57.8 cm³/mol. The van der Waals surface area contributed by atoms with Gasteiger partial charge in [0.2, 0.25) is 0 Å². The molecule has 0 aromatic carbocycles. The van der Waals surface area contributed by atoms with Crippen LogP contribution >= 0.6 is 0 Å². The van der Waals surface area contributed by atoms with Gasteiger partial charge in [-0.25, -0.2) is 0 Å². The van der Waals surface area contributed by atoms with Crippen molar-refractivity contribution in [3.8, 4) is 0 Å². The molecule has 0 spiro atoms. The van der Waals surface area contributed by atoms with Crippen LogP contribution in [0.2, 0.25) is 0 Å². The maximum Gasteiger partial charge on any atom is 0.133 e. The number of ketones is 2. The van der Waals surface area contributed by atoms with Crippen LogP contribution in [0.4, 0.5) is 0 Å². The molecule has 0 radical (unpaired) electrons. The van der Waals surface area contributed by atoms with Crippen molar-refractivity contribution in [2.24, 2.45) is 5.92 Å². The molecule has 0 aliphatic rings. The van der Waals surface area contributed by atoms with E-state index in [2.05, 4.69) is 0 Å². The van der Waals surface area contributed by atoms with Crippen molar-refractivity contribution >= 4 is 11.6 Å². The lowest BCUT2D eigenvalue weighted by Gasteiger charge is -2.04. The Labute approximate surface area is 82.7 Å². The highest BCUT2D eigenvalue weighted by molar-refractivity contribution is 5.86. The lowest BCUT2D eigenvalue weighted by atomic mass is 9.99. The Morgan fingerprint density at radius 3 is 2.00 bits per heavy atom. The van der Waals surface area contributed by atoms with E-state index in [-0.39, 0.29) is 32.3 Å². The summed E-state index contributed by atoms with van der Waals surface area (Å²) in [5, 5.41) is 0. The fourth-order valence-electron chi connectivity index (χ4n) is 0.866. The molecular weight excluding hydrogens is 164 g/mol. The first kappa shape index (κ1) is 18.2. The van der Waals surface area contributed by atoms with Gasteiger partial charge in [0, 0.05) is 18.8 Å². The lowest BCUT2D eigenvalue weighted by Crippen LogP contribution is -2.11. The largest absolute Gasteiger partial charge is 0.300 e. The number of hydrogen-bond acceptors (Lipinski definition) is 2. The van der Waals surface area contributed by atoms with Crippen LogP contribution in [-0.2, 0) is 9.59 Å². The third-order valence-corrected chi connectivity index (χ3v) is 1.76. The summed E-state index contributed by atoms with van der Waals surface area (Å²) in [7, 11) is 0. The molecule has 0 saturated carbocycles. The van der Waals surface area contributed by atoms with Crippen molar-refractivity contribution in [2.75, 3.05) is 0 Å². The molecule has 80 valence electrons. The molecule has 0 aliphatic heterocycles. The van der Waals surface area contributed by atoms with Crippen molar-refractivity contribution in [1.82, 2.24) is 0 Å². The summed E-state index contributed by atoms with van der Waals surface area (Å²) in [5.74, 6) is 0.221. The minimum atomic E-state index is -0.0888. The highest BCUT2D eigenvalue weighted by atomic mass is 16.1. The minimum Gasteiger partial charge on any atom is -0.300 e. The third kappa shape index (κ3) is 9.25. The molecule has 1 atom stereocenters. The van der Waals surface area contributed by atoms with Crippen LogP contribution in [0.3, 0.4) is 0 Å². The molecule has 0 saturated heterocycles. The van der Waals surface area contributed by atoms with E-state index in [1.807, 2.05) is 6.92 Å². The second-order valence-corrected chi connectivity index (χ2v) is 3.00. The lowest BCUT2D eigenvalue weighted by molar-refractivity contribution is -0.126. The second kappa shape index (κ2) is 9.43. The summed E-state index contributed by atoms with van der Waals surface area (Å²) < 4.78 is 0. The van der Waals surface area contributed by atoms with E-state index in [1.54, 1.807) is 6.92 Å². The Morgan fingerprint density at radius 1 is 1.23 bits per heavy atom. The van der Waals surface area contributed by atoms with Crippen LogP contribution in [0.15, 0.2) is 0 Å². The van der Waals surface area contributed by atoms with Crippen LogP contribution in [0.5, 0.6) is 0 Å². The summed E-state index contributed by atoms with van der Waals surface area (Å²) in [6.07, 6.45) is 1.91. The molecule has 13 heavy (non-hydrogen) atoms. The summed E-state index contributed by atoms with van der Waals surface area (Å²) in [6.45, 7) is 5.30. The third-order valence-electron chi connectivity index (χ3n) is 1.76. The molecule has 0 aliphatic carbocycles. The van der Waals surface area contributed by atoms with Gasteiger partial charge in [0.25, 0.3) is 0 Å². The Balaban J connectivity index is -0.000000500. The second-order valence-electron chi connectivity index (χ2n) is 3.00. The van der Waals surface area contributed by atoms with Crippen LogP contribution in [0.25, 0.3) is 0 Å². The van der Waals surface area contributed by atoms with Gasteiger partial charge >= 0.3 is 0 Å². The molecular formula is C11H24O2. The standard InChI is InChI=1S/C9H16O2.2CH4/c1-4-5-9(11)6-7(2)8(3)10;;/h7H,4-6H2,1-3H3;2*1H4. The van der Waals surface area contributed by atoms with E-state index in [9.17, 15) is 9.59 Å². The average Bonchev–Trinajstić information content (AvgIpc) is 1.87. The quantitative estimate of drug-likeness (QED) is 0.663. The van der Waals surface area contributed by atoms with Crippen molar-refractivity contribution < 1.29 is 9.59 Å². The number of carbonyl (C=O) groups excluding carboxylic acids is 2. The average molecular weight is 188 g/mol. The first-order valence-corrected chi connectivity index (χ1v) is 4.10. The van der Waals surface area contributed by atoms with Crippen LogP contribution in [0.1, 0.15) is 54.9 Å². The highest BCUT2D eigenvalue weighted by Crippen LogP contribution is 2.06. The van der Waals surface area contributed by atoms with Gasteiger partial charge < -0.3 is 0 Å². The maximum atomic E-state index is 11.0. The molecule has 2 heteroatoms. The van der Waals surface area contributed by atoms with Gasteiger partial charge in [0.15, 0.2) is 0 Å². The van der Waals surface area contributed by atoms with Crippen molar-refractivity contribution in [3.63, 3.8) is 0 Å². The number of rotatable bonds is 5. The number of hydrogen-bond donors (Lipinski definition) is 0. The fraction of sp³-hybridized carbons (Fsp3) is 0.818. The molecule has 0 aromatic rings. The highest BCUT2D eigenvalue weighted by Gasteiger charge is 2.11. The van der Waals surface area contributed by atoms with E-state index in [0.717, 1.165) is 6.42 Å². The smallest absolute Gasteiger partial charge is 0.133 e. The molecule has 0 bridgehead atoms. The zero-order valence-electron chi connectivity index (χ0n) is 7.52. The van der Waals surface area contributed by atoms with Gasteiger partial charge in [-0.05, 0) is 13.3 Å². The summed E-state index contributed by atoms with van der Waals surface area (Å²) >= 11 is 0. The van der Waals surface area contributed by atoms with Crippen LogP contribution in [-0.4, -0.2) is 11.6 Å². The first-order chi connectivity index (χ1) is 5.07. The Morgan fingerprint density at radius 2 is 1.69 bits per heavy atom. The van der Waals surface area contributed by atoms with Gasteiger partial charge in [-0.2, -0.15) is 0 Å². The minimum absolute atomic E-state index is 0. The molecule has 1 unspecified atom stereocenters. The van der Waals surface area contributed by atoms with Crippen molar-refractivity contribution in [2.45, 2.75) is 54.9 Å². The number of Topliss-reactive ketones (excluding diaryl/α,β-unsaturated/α-hetero) is 2. The van der Waals surface area contributed by atoms with E-state index in [1.165, 1.54) is 6.92 Å². The Kier molecular flexibility index (Phi) is 13.2. The molecule has 0 heterocycles. The Bertz CT molecular complexity index is 150. The van der Waals surface area contributed by atoms with Crippen molar-refractivity contribution in [1.29, 1.82) is 0 Å². The summed E-state index contributed by atoms with van der Waals surface area (Å²) in [5.41, 5.74) is 0. The molecule has 0 fully saturated rings. The van der Waals surface area contributed by atoms with Gasteiger partial charge in [-0.3, -0.25) is 9.59 Å². The monoisotopic (exact) mass is 188 g/mol. The fourth-order valence-corrected chi connectivity index (χ4v) is 0.866. The maximum absolute atomic E-state index is 11.0. The van der Waals surface area contributed by atoms with Gasteiger partial charge in [-0.15, -0.1) is 0 Å². The molecule has 0 rings (SSSR count). The molecule has 0 N–H and O–H groups in total.